The fourth-order valence-corrected chi connectivity index (χ4v) is 2.39. The van der Waals surface area contributed by atoms with Crippen molar-refractivity contribution in [2.24, 2.45) is 11.7 Å². The normalized spacial score (nSPS) is 16.2. The number of rotatable bonds is 14. The summed E-state index contributed by atoms with van der Waals surface area (Å²) in [7, 11) is -1.11. The lowest BCUT2D eigenvalue weighted by Crippen LogP contribution is -2.54. The van der Waals surface area contributed by atoms with Crippen molar-refractivity contribution in [3.8, 4) is 0 Å². The minimum Gasteiger partial charge on any atom is -0.494 e. The van der Waals surface area contributed by atoms with Crippen LogP contribution in [0.2, 0.25) is 6.32 Å². The third-order valence-electron chi connectivity index (χ3n) is 4.58. The molecule has 1 aliphatic rings. The predicted molar refractivity (Wildman–Crippen MR) is 103 cm³/mol. The van der Waals surface area contributed by atoms with Gasteiger partial charge in [-0.25, -0.2) is 13.6 Å². The van der Waals surface area contributed by atoms with E-state index in [1.165, 1.54) is 4.90 Å². The number of carboxylic acids is 1. The third-order valence-corrected chi connectivity index (χ3v) is 4.58. The molecular weight excluding hydrogens is 389 g/mol. The summed E-state index contributed by atoms with van der Waals surface area (Å²) in [5.74, 6) is -4.55. The van der Waals surface area contributed by atoms with Crippen molar-refractivity contribution in [1.82, 2.24) is 4.90 Å². The van der Waals surface area contributed by atoms with Crippen LogP contribution in [0, 0.1) is 5.92 Å². The van der Waals surface area contributed by atoms with Gasteiger partial charge in [-0.05, 0) is 18.7 Å². The highest BCUT2D eigenvalue weighted by Gasteiger charge is 2.34. The molecule has 1 rings (SSSR count). The molecule has 1 saturated heterocycles. The molecule has 0 bridgehead atoms. The van der Waals surface area contributed by atoms with E-state index in [9.17, 15) is 28.5 Å². The predicted octanol–water partition coefficient (Wildman–Crippen LogP) is 1.27. The van der Waals surface area contributed by atoms with Crippen molar-refractivity contribution in [3.63, 3.8) is 0 Å². The van der Waals surface area contributed by atoms with Crippen LogP contribution in [-0.4, -0.2) is 72.3 Å². The zero-order chi connectivity index (χ0) is 22.0. The van der Waals surface area contributed by atoms with Crippen molar-refractivity contribution >= 4 is 19.0 Å². The molecule has 0 saturated carbocycles. The topological polar surface area (TPSA) is 122 Å². The van der Waals surface area contributed by atoms with Gasteiger partial charge < -0.3 is 30.2 Å². The van der Waals surface area contributed by atoms with E-state index in [2.05, 4.69) is 6.58 Å². The number of nitrogens with two attached hydrogens (primary N) is 1. The van der Waals surface area contributed by atoms with Gasteiger partial charge in [-0.1, -0.05) is 13.0 Å². The number of halogens is 2. The van der Waals surface area contributed by atoms with Crippen LogP contribution < -0.4 is 5.73 Å². The molecule has 11 heteroatoms. The molecule has 0 aromatic rings. The van der Waals surface area contributed by atoms with Gasteiger partial charge >= 0.3 is 13.1 Å². The summed E-state index contributed by atoms with van der Waals surface area (Å²) in [5, 5.41) is 18.9. The van der Waals surface area contributed by atoms with E-state index < -0.39 is 44.0 Å². The molecule has 8 nitrogen and oxygen atoms in total. The van der Waals surface area contributed by atoms with Crippen LogP contribution in [0.4, 0.5) is 8.78 Å². The summed E-state index contributed by atoms with van der Waals surface area (Å²) in [6.07, 6.45) is 2.40. The van der Waals surface area contributed by atoms with Gasteiger partial charge in [0.1, 0.15) is 6.10 Å². The molecule has 1 aliphatic heterocycles. The van der Waals surface area contributed by atoms with Gasteiger partial charge in [0.25, 0.3) is 5.92 Å². The number of carboxylic acid groups (broad SMARTS) is 1. The van der Waals surface area contributed by atoms with Gasteiger partial charge in [-0.15, -0.1) is 6.58 Å². The molecule has 0 aromatic carbocycles. The van der Waals surface area contributed by atoms with Crippen LogP contribution in [0.5, 0.6) is 0 Å². The summed E-state index contributed by atoms with van der Waals surface area (Å²) < 4.78 is 36.6. The second kappa shape index (κ2) is 11.9. The van der Waals surface area contributed by atoms with E-state index in [0.717, 1.165) is 6.26 Å². The first-order valence-corrected chi connectivity index (χ1v) is 9.43. The highest BCUT2D eigenvalue weighted by molar-refractivity contribution is 6.42. The minimum atomic E-state index is -3.07. The van der Waals surface area contributed by atoms with Crippen LogP contribution in [0.15, 0.2) is 24.5 Å². The molecular formula is C18H29BF2N2O6. The number of carbonyl (C=O) groups excluding carboxylic acids is 1. The number of ether oxygens (including phenoxy) is 1. The molecule has 0 aliphatic carbocycles. The van der Waals surface area contributed by atoms with Crippen molar-refractivity contribution in [2.45, 2.75) is 44.5 Å². The lowest BCUT2D eigenvalue weighted by molar-refractivity contribution is -0.144. The number of hydrogen-bond acceptors (Lipinski definition) is 6. The third kappa shape index (κ3) is 9.38. The number of nitrogens with zero attached hydrogens (tertiary/aromatic N) is 1. The number of likely N-dealkylation sites (tertiary alicyclic amines) is 1. The Morgan fingerprint density at radius 2 is 2.10 bits per heavy atom. The molecule has 1 atom stereocenters. The molecule has 1 amide bonds. The molecule has 4 N–H and O–H groups in total. The Kier molecular flexibility index (Phi) is 10.3. The largest absolute Gasteiger partial charge is 0.494 e. The maximum Gasteiger partial charge on any atom is 0.454 e. The standard InChI is InChI=1S/C18H29BF2N2O6/c1-3-13(2)5-7-19(27)29-11-14(17(25)26)10-28-15-8-23(9-15)16(24)4-6-18(20,21)12-22/h3,10,13,15,27H,1,4-9,11-12,22H2,2H3,(H,25,26)/b14-10-. The summed E-state index contributed by atoms with van der Waals surface area (Å²) in [6, 6.07) is 0. The summed E-state index contributed by atoms with van der Waals surface area (Å²) in [4.78, 5) is 24.4. The van der Waals surface area contributed by atoms with Crippen LogP contribution in [-0.2, 0) is 19.0 Å². The van der Waals surface area contributed by atoms with E-state index >= 15 is 0 Å². The van der Waals surface area contributed by atoms with Gasteiger partial charge in [0, 0.05) is 12.8 Å². The van der Waals surface area contributed by atoms with Crippen LogP contribution in [0.3, 0.4) is 0 Å². The fourth-order valence-electron chi connectivity index (χ4n) is 2.39. The van der Waals surface area contributed by atoms with E-state index in [1.807, 2.05) is 6.92 Å². The molecule has 0 spiro atoms. The van der Waals surface area contributed by atoms with Gasteiger partial charge in [0.05, 0.1) is 38.1 Å². The highest BCUT2D eigenvalue weighted by Crippen LogP contribution is 2.21. The Morgan fingerprint density at radius 1 is 1.45 bits per heavy atom. The second-order valence-corrected chi connectivity index (χ2v) is 7.12. The zero-order valence-electron chi connectivity index (χ0n) is 16.6. The number of aliphatic carboxylic acids is 1. The highest BCUT2D eigenvalue weighted by atomic mass is 19.3. The number of amides is 1. The average Bonchev–Trinajstić information content (AvgIpc) is 2.64. The Balaban J connectivity index is 2.35. The first kappa shape index (κ1) is 25.1. The Labute approximate surface area is 169 Å². The molecule has 0 aromatic heterocycles. The summed E-state index contributed by atoms with van der Waals surface area (Å²) >= 11 is 0. The van der Waals surface area contributed by atoms with Gasteiger partial charge in [0.2, 0.25) is 5.91 Å². The lowest BCUT2D eigenvalue weighted by atomic mass is 9.80. The molecule has 29 heavy (non-hydrogen) atoms. The van der Waals surface area contributed by atoms with Crippen LogP contribution in [0.25, 0.3) is 0 Å². The van der Waals surface area contributed by atoms with E-state index in [0.29, 0.717) is 12.7 Å². The monoisotopic (exact) mass is 418 g/mol. The maximum atomic E-state index is 13.1. The van der Waals surface area contributed by atoms with Crippen LogP contribution in [0.1, 0.15) is 26.2 Å². The molecule has 1 heterocycles. The first-order chi connectivity index (χ1) is 13.6. The molecule has 164 valence electrons. The van der Waals surface area contributed by atoms with E-state index in [-0.39, 0.29) is 37.6 Å². The summed E-state index contributed by atoms with van der Waals surface area (Å²) in [5.41, 5.74) is 4.74. The second-order valence-electron chi connectivity index (χ2n) is 7.12. The van der Waals surface area contributed by atoms with E-state index in [4.69, 9.17) is 15.1 Å². The number of carbonyl (C=O) groups is 2. The van der Waals surface area contributed by atoms with Crippen LogP contribution >= 0.6 is 0 Å². The van der Waals surface area contributed by atoms with Crippen molar-refractivity contribution in [2.75, 3.05) is 26.2 Å². The number of allylic oxidation sites excluding steroid dienone is 1. The zero-order valence-corrected chi connectivity index (χ0v) is 16.6. The Bertz CT molecular complexity index is 599. The summed E-state index contributed by atoms with van der Waals surface area (Å²) in [6.45, 7) is 4.79. The van der Waals surface area contributed by atoms with Gasteiger partial charge in [0.15, 0.2) is 0 Å². The van der Waals surface area contributed by atoms with Gasteiger partial charge in [-0.2, -0.15) is 0 Å². The maximum absolute atomic E-state index is 13.1. The van der Waals surface area contributed by atoms with Crippen molar-refractivity contribution in [3.05, 3.63) is 24.5 Å². The minimum absolute atomic E-state index is 0.180. The SMILES string of the molecule is C=CC(C)CCB(O)OC/C(=C/OC1CN(C(=O)CCC(F)(F)CN)C1)C(=O)O. The van der Waals surface area contributed by atoms with Crippen molar-refractivity contribution in [1.29, 1.82) is 0 Å². The number of hydrogen-bond donors (Lipinski definition) is 3. The molecule has 0 radical (unpaired) electrons. The quantitative estimate of drug-likeness (QED) is 0.168. The van der Waals surface area contributed by atoms with Gasteiger partial charge in [-0.3, -0.25) is 4.79 Å². The lowest BCUT2D eigenvalue weighted by Gasteiger charge is -2.38. The molecule has 1 fully saturated rings. The Hall–Kier alpha value is -1.98. The fraction of sp³-hybridized carbons (Fsp3) is 0.667. The first-order valence-electron chi connectivity index (χ1n) is 9.43. The smallest absolute Gasteiger partial charge is 0.454 e. The van der Waals surface area contributed by atoms with E-state index in [1.54, 1.807) is 6.08 Å². The number of alkyl halides is 2. The molecule has 1 unspecified atom stereocenters. The average molecular weight is 418 g/mol. The van der Waals surface area contributed by atoms with Crippen molar-refractivity contribution < 1.29 is 37.9 Å². The Morgan fingerprint density at radius 3 is 2.66 bits per heavy atom.